The lowest BCUT2D eigenvalue weighted by Gasteiger charge is -2.04. The average Bonchev–Trinajstić information content (AvgIpc) is 2.54. The zero-order chi connectivity index (χ0) is 13.4. The lowest BCUT2D eigenvalue weighted by molar-refractivity contribution is 1.11. The van der Waals surface area contributed by atoms with Crippen LogP contribution >= 0.6 is 0 Å². The van der Waals surface area contributed by atoms with E-state index in [-0.39, 0.29) is 0 Å². The van der Waals surface area contributed by atoms with Crippen LogP contribution in [-0.4, -0.2) is 39.9 Å². The van der Waals surface area contributed by atoms with Crippen LogP contribution in [0.2, 0.25) is 0 Å². The molecule has 0 amide bonds. The molecule has 0 unspecified atom stereocenters. The normalized spacial score (nSPS) is 11.0. The van der Waals surface area contributed by atoms with Gasteiger partial charge in [0.15, 0.2) is 11.3 Å². The van der Waals surface area contributed by atoms with Gasteiger partial charge in [-0.25, -0.2) is 39.9 Å². The van der Waals surface area contributed by atoms with Crippen LogP contribution in [0.15, 0.2) is 37.4 Å². The molecule has 0 fully saturated rings. The molecule has 4 aromatic rings. The van der Waals surface area contributed by atoms with Gasteiger partial charge in [0.25, 0.3) is 0 Å². The number of hydrogen-bond acceptors (Lipinski definition) is 8. The van der Waals surface area contributed by atoms with E-state index in [4.69, 9.17) is 0 Å². The van der Waals surface area contributed by atoms with E-state index in [0.717, 1.165) is 0 Å². The standard InChI is InChI=1S/C12H6N8/c1-3-15-11-9(13-1)7(17-5-19-11)8-10-12(20-6-18-8)16-4-2-14-10/h1-6H. The first kappa shape index (κ1) is 10.7. The van der Waals surface area contributed by atoms with E-state index in [2.05, 4.69) is 39.9 Å². The first-order chi connectivity index (χ1) is 9.93. The van der Waals surface area contributed by atoms with Crippen LogP contribution in [0.3, 0.4) is 0 Å². The quantitative estimate of drug-likeness (QED) is 0.496. The van der Waals surface area contributed by atoms with Gasteiger partial charge >= 0.3 is 0 Å². The summed E-state index contributed by atoms with van der Waals surface area (Å²) in [6, 6.07) is 0. The summed E-state index contributed by atoms with van der Waals surface area (Å²) in [7, 11) is 0. The Kier molecular flexibility index (Phi) is 2.25. The molecule has 0 spiro atoms. The van der Waals surface area contributed by atoms with Crippen molar-refractivity contribution in [2.24, 2.45) is 0 Å². The maximum Gasteiger partial charge on any atom is 0.181 e. The van der Waals surface area contributed by atoms with E-state index < -0.39 is 0 Å². The highest BCUT2D eigenvalue weighted by atomic mass is 15.0. The van der Waals surface area contributed by atoms with Crippen LogP contribution in [0, 0.1) is 0 Å². The number of hydrogen-bond donors (Lipinski definition) is 0. The highest BCUT2D eigenvalue weighted by Crippen LogP contribution is 2.24. The third-order valence-electron chi connectivity index (χ3n) is 2.76. The molecule has 0 N–H and O–H groups in total. The van der Waals surface area contributed by atoms with Crippen molar-refractivity contribution in [3.05, 3.63) is 37.4 Å². The molecule has 0 radical (unpaired) electrons. The zero-order valence-corrected chi connectivity index (χ0v) is 10.0. The van der Waals surface area contributed by atoms with E-state index in [1.54, 1.807) is 24.8 Å². The molecule has 0 aliphatic rings. The molecule has 0 atom stereocenters. The molecule has 0 bridgehead atoms. The number of fused-ring (bicyclic) bond motifs is 2. The Hall–Kier alpha value is -3.16. The Labute approximate surface area is 112 Å². The molecule has 0 aliphatic carbocycles. The van der Waals surface area contributed by atoms with E-state index in [0.29, 0.717) is 33.7 Å². The van der Waals surface area contributed by atoms with Gasteiger partial charge in [0.2, 0.25) is 0 Å². The van der Waals surface area contributed by atoms with Crippen molar-refractivity contribution in [2.45, 2.75) is 0 Å². The zero-order valence-electron chi connectivity index (χ0n) is 10.0. The van der Waals surface area contributed by atoms with Crippen molar-refractivity contribution in [3.63, 3.8) is 0 Å². The smallest absolute Gasteiger partial charge is 0.181 e. The highest BCUT2D eigenvalue weighted by molar-refractivity contribution is 5.94. The molecule has 4 heterocycles. The molecular formula is C12H6N8. The fraction of sp³-hybridized carbons (Fsp3) is 0. The van der Waals surface area contributed by atoms with Gasteiger partial charge in [-0.05, 0) is 0 Å². The van der Waals surface area contributed by atoms with Gasteiger partial charge in [-0.15, -0.1) is 0 Å². The van der Waals surface area contributed by atoms with Gasteiger partial charge in [-0.3, -0.25) is 0 Å². The number of rotatable bonds is 1. The van der Waals surface area contributed by atoms with Crippen LogP contribution in [0.25, 0.3) is 33.7 Å². The predicted octanol–water partition coefficient (Wildman–Crippen LogP) is 0.820. The minimum atomic E-state index is 0.508. The summed E-state index contributed by atoms with van der Waals surface area (Å²) in [6.45, 7) is 0. The fourth-order valence-corrected chi connectivity index (χ4v) is 1.94. The second kappa shape index (κ2) is 4.19. The molecule has 8 heteroatoms. The SMILES string of the molecule is c1cnc2c(-c3ncnc4nccnc34)ncnc2n1. The van der Waals surface area contributed by atoms with Crippen molar-refractivity contribution in [1.82, 2.24) is 39.9 Å². The Bertz CT molecular complexity index is 835. The maximum atomic E-state index is 4.27. The van der Waals surface area contributed by atoms with Crippen molar-refractivity contribution < 1.29 is 0 Å². The van der Waals surface area contributed by atoms with Crippen LogP contribution < -0.4 is 0 Å². The molecule has 0 saturated carbocycles. The number of aromatic nitrogens is 8. The van der Waals surface area contributed by atoms with Gasteiger partial charge < -0.3 is 0 Å². The summed E-state index contributed by atoms with van der Waals surface area (Å²) in [6.07, 6.45) is 9.19. The van der Waals surface area contributed by atoms with Crippen molar-refractivity contribution >= 4 is 22.3 Å². The number of nitrogens with zero attached hydrogens (tertiary/aromatic N) is 8. The van der Waals surface area contributed by atoms with Crippen molar-refractivity contribution in [2.75, 3.05) is 0 Å². The van der Waals surface area contributed by atoms with Gasteiger partial charge in [0, 0.05) is 24.8 Å². The predicted molar refractivity (Wildman–Crippen MR) is 69.3 cm³/mol. The van der Waals surface area contributed by atoms with Gasteiger partial charge in [0.1, 0.15) is 35.1 Å². The van der Waals surface area contributed by atoms with Crippen molar-refractivity contribution in [3.8, 4) is 11.4 Å². The van der Waals surface area contributed by atoms with Crippen LogP contribution in [-0.2, 0) is 0 Å². The molecular weight excluding hydrogens is 256 g/mol. The van der Waals surface area contributed by atoms with E-state index in [1.165, 1.54) is 12.7 Å². The summed E-state index contributed by atoms with van der Waals surface area (Å²) in [4.78, 5) is 33.5. The topological polar surface area (TPSA) is 103 Å². The lowest BCUT2D eigenvalue weighted by atomic mass is 10.2. The molecule has 0 saturated heterocycles. The van der Waals surface area contributed by atoms with E-state index in [1.807, 2.05) is 0 Å². The third kappa shape index (κ3) is 1.55. The first-order valence-electron chi connectivity index (χ1n) is 5.77. The Morgan fingerprint density at radius 1 is 0.450 bits per heavy atom. The molecule has 0 aromatic carbocycles. The summed E-state index contributed by atoms with van der Waals surface area (Å²) in [5.41, 5.74) is 3.29. The minimum Gasteiger partial charge on any atom is -0.249 e. The summed E-state index contributed by atoms with van der Waals surface area (Å²) in [5.74, 6) is 0. The molecule has 94 valence electrons. The van der Waals surface area contributed by atoms with Gasteiger partial charge in [-0.2, -0.15) is 0 Å². The monoisotopic (exact) mass is 262 g/mol. The third-order valence-corrected chi connectivity index (χ3v) is 2.76. The molecule has 8 nitrogen and oxygen atoms in total. The molecule has 4 aromatic heterocycles. The lowest BCUT2D eigenvalue weighted by Crippen LogP contribution is -1.98. The Balaban J connectivity index is 2.12. The second-order valence-corrected chi connectivity index (χ2v) is 3.90. The summed E-state index contributed by atoms with van der Waals surface area (Å²) < 4.78 is 0. The fourth-order valence-electron chi connectivity index (χ4n) is 1.94. The largest absolute Gasteiger partial charge is 0.249 e. The summed E-state index contributed by atoms with van der Waals surface area (Å²) in [5, 5.41) is 0. The van der Waals surface area contributed by atoms with Crippen LogP contribution in [0.1, 0.15) is 0 Å². The van der Waals surface area contributed by atoms with Gasteiger partial charge in [0.05, 0.1) is 0 Å². The molecule has 4 rings (SSSR count). The Morgan fingerprint density at radius 3 is 1.40 bits per heavy atom. The van der Waals surface area contributed by atoms with E-state index in [9.17, 15) is 0 Å². The maximum absolute atomic E-state index is 4.27. The highest BCUT2D eigenvalue weighted by Gasteiger charge is 2.14. The van der Waals surface area contributed by atoms with Crippen molar-refractivity contribution in [1.29, 1.82) is 0 Å². The van der Waals surface area contributed by atoms with Crippen LogP contribution in [0.4, 0.5) is 0 Å². The summed E-state index contributed by atoms with van der Waals surface area (Å²) >= 11 is 0. The molecule has 20 heavy (non-hydrogen) atoms. The van der Waals surface area contributed by atoms with E-state index >= 15 is 0 Å². The average molecular weight is 262 g/mol. The Morgan fingerprint density at radius 2 is 0.900 bits per heavy atom. The first-order valence-corrected chi connectivity index (χ1v) is 5.77. The second-order valence-electron chi connectivity index (χ2n) is 3.90. The minimum absolute atomic E-state index is 0.508. The molecule has 0 aliphatic heterocycles. The van der Waals surface area contributed by atoms with Crippen LogP contribution in [0.5, 0.6) is 0 Å². The van der Waals surface area contributed by atoms with Gasteiger partial charge in [-0.1, -0.05) is 0 Å².